The molecule has 1 fully saturated rings. The van der Waals surface area contributed by atoms with Crippen molar-refractivity contribution >= 4 is 26.4 Å². The summed E-state index contributed by atoms with van der Waals surface area (Å²) in [6.45, 7) is 5.10. The van der Waals surface area contributed by atoms with Crippen molar-refractivity contribution in [3.63, 3.8) is 0 Å². The Hall–Kier alpha value is -0.730. The van der Waals surface area contributed by atoms with Gasteiger partial charge in [-0.15, -0.1) is 5.10 Å². The predicted octanol–water partition coefficient (Wildman–Crippen LogP) is 0.980. The van der Waals surface area contributed by atoms with E-state index in [1.165, 1.54) is 11.5 Å². The van der Waals surface area contributed by atoms with Crippen LogP contribution in [-0.2, 0) is 16.4 Å². The molecule has 0 aromatic carbocycles. The van der Waals surface area contributed by atoms with Crippen LogP contribution in [0.2, 0.25) is 0 Å². The van der Waals surface area contributed by atoms with E-state index in [2.05, 4.69) is 26.7 Å². The molecule has 0 radical (unpaired) electrons. The lowest BCUT2D eigenvalue weighted by Crippen LogP contribution is -2.27. The summed E-state index contributed by atoms with van der Waals surface area (Å²) in [7, 11) is -2.85. The highest BCUT2D eigenvalue weighted by Gasteiger charge is 2.20. The predicted molar refractivity (Wildman–Crippen MR) is 77.2 cm³/mol. The van der Waals surface area contributed by atoms with Gasteiger partial charge in [-0.3, -0.25) is 4.90 Å². The lowest BCUT2D eigenvalue weighted by atomic mass is 10.3. The fourth-order valence-electron chi connectivity index (χ4n) is 2.04. The summed E-state index contributed by atoms with van der Waals surface area (Å²) in [5.41, 5.74) is 0.928. The lowest BCUT2D eigenvalue weighted by Gasteiger charge is -2.18. The Balaban J connectivity index is 1.95. The monoisotopic (exact) mass is 304 g/mol. The zero-order chi connectivity index (χ0) is 13.7. The summed E-state index contributed by atoms with van der Waals surface area (Å²) in [6.07, 6.45) is 1.76. The number of hydrogen-bond acceptors (Lipinski definition) is 7. The van der Waals surface area contributed by atoms with E-state index in [1.54, 1.807) is 0 Å². The van der Waals surface area contributed by atoms with Gasteiger partial charge in [0.2, 0.25) is 0 Å². The number of hydrogen-bond donors (Lipinski definition) is 1. The van der Waals surface area contributed by atoms with Crippen molar-refractivity contribution in [2.45, 2.75) is 26.3 Å². The Morgan fingerprint density at radius 2 is 2.21 bits per heavy atom. The largest absolute Gasteiger partial charge is 0.374 e. The van der Waals surface area contributed by atoms with Crippen LogP contribution in [0.5, 0.6) is 0 Å². The van der Waals surface area contributed by atoms with Crippen LogP contribution in [-0.4, -0.2) is 54.0 Å². The molecular weight excluding hydrogens is 284 g/mol. The Kier molecular flexibility index (Phi) is 5.12. The Morgan fingerprint density at radius 3 is 3.00 bits per heavy atom. The fraction of sp³-hybridized carbons (Fsp3) is 0.818. The van der Waals surface area contributed by atoms with Gasteiger partial charge in [-0.05, 0) is 19.4 Å². The quantitative estimate of drug-likeness (QED) is 0.874. The highest BCUT2D eigenvalue weighted by molar-refractivity contribution is 7.91. The maximum absolute atomic E-state index is 11.6. The molecule has 1 aromatic rings. The van der Waals surface area contributed by atoms with Crippen LogP contribution in [0.15, 0.2) is 0 Å². The van der Waals surface area contributed by atoms with Gasteiger partial charge in [-0.25, -0.2) is 8.42 Å². The van der Waals surface area contributed by atoms with Crippen LogP contribution >= 0.6 is 11.5 Å². The van der Waals surface area contributed by atoms with Crippen LogP contribution in [0.1, 0.15) is 25.5 Å². The molecule has 1 aliphatic rings. The van der Waals surface area contributed by atoms with E-state index >= 15 is 0 Å². The average molecular weight is 304 g/mol. The van der Waals surface area contributed by atoms with E-state index in [0.717, 1.165) is 30.2 Å². The van der Waals surface area contributed by atoms with Gasteiger partial charge in [0.05, 0.1) is 11.5 Å². The number of rotatable bonds is 5. The molecule has 1 aliphatic heterocycles. The Morgan fingerprint density at radius 1 is 1.37 bits per heavy atom. The molecule has 2 heterocycles. The minimum Gasteiger partial charge on any atom is -0.374 e. The van der Waals surface area contributed by atoms with Gasteiger partial charge in [0.25, 0.3) is 0 Å². The van der Waals surface area contributed by atoms with Crippen LogP contribution < -0.4 is 5.32 Å². The molecule has 108 valence electrons. The van der Waals surface area contributed by atoms with Crippen molar-refractivity contribution < 1.29 is 8.42 Å². The zero-order valence-corrected chi connectivity index (χ0v) is 12.8. The summed E-state index contributed by atoms with van der Waals surface area (Å²) in [6, 6.07) is 0. The Bertz CT molecular complexity index is 501. The molecule has 1 N–H and O–H groups in total. The van der Waals surface area contributed by atoms with Gasteiger partial charge in [-0.1, -0.05) is 11.4 Å². The lowest BCUT2D eigenvalue weighted by molar-refractivity contribution is 0.284. The van der Waals surface area contributed by atoms with E-state index in [4.69, 9.17) is 0 Å². The first-order valence-corrected chi connectivity index (χ1v) is 9.18. The molecule has 0 saturated carbocycles. The number of nitrogens with zero attached hydrogens (tertiary/aromatic N) is 3. The molecule has 0 atom stereocenters. The van der Waals surface area contributed by atoms with E-state index in [1.807, 2.05) is 0 Å². The maximum Gasteiger partial charge on any atom is 0.151 e. The SMILES string of the molecule is CCCNc1snnc1CN1CCCS(=O)(=O)CC1. The smallest absolute Gasteiger partial charge is 0.151 e. The topological polar surface area (TPSA) is 75.2 Å². The van der Waals surface area contributed by atoms with E-state index < -0.39 is 9.84 Å². The number of anilines is 1. The minimum absolute atomic E-state index is 0.252. The zero-order valence-electron chi connectivity index (χ0n) is 11.1. The summed E-state index contributed by atoms with van der Waals surface area (Å²) in [5.74, 6) is 0.558. The second kappa shape index (κ2) is 6.62. The van der Waals surface area contributed by atoms with Crippen molar-refractivity contribution in [3.8, 4) is 0 Å². The first-order chi connectivity index (χ1) is 9.11. The van der Waals surface area contributed by atoms with Crippen LogP contribution in [0.3, 0.4) is 0 Å². The summed E-state index contributed by atoms with van der Waals surface area (Å²) < 4.78 is 27.1. The molecule has 2 rings (SSSR count). The molecule has 1 saturated heterocycles. The molecule has 0 amide bonds. The summed E-state index contributed by atoms with van der Waals surface area (Å²) >= 11 is 1.37. The second-order valence-electron chi connectivity index (χ2n) is 4.76. The molecule has 1 aromatic heterocycles. The second-order valence-corrected chi connectivity index (χ2v) is 7.81. The molecule has 0 aliphatic carbocycles. The van der Waals surface area contributed by atoms with E-state index in [0.29, 0.717) is 25.3 Å². The third-order valence-corrected chi connectivity index (χ3v) is 5.55. The summed E-state index contributed by atoms with van der Waals surface area (Å²) in [5, 5.41) is 8.47. The van der Waals surface area contributed by atoms with Crippen molar-refractivity contribution in [2.75, 3.05) is 36.5 Å². The van der Waals surface area contributed by atoms with Gasteiger partial charge in [-0.2, -0.15) is 0 Å². The fourth-order valence-corrected chi connectivity index (χ4v) is 3.95. The van der Waals surface area contributed by atoms with Crippen molar-refractivity contribution in [1.29, 1.82) is 0 Å². The molecule has 0 unspecified atom stereocenters. The van der Waals surface area contributed by atoms with Gasteiger partial charge in [0.15, 0.2) is 9.84 Å². The van der Waals surface area contributed by atoms with Crippen LogP contribution in [0.25, 0.3) is 0 Å². The highest BCUT2D eigenvalue weighted by Crippen LogP contribution is 2.20. The third-order valence-electron chi connectivity index (χ3n) is 3.11. The molecule has 6 nitrogen and oxygen atoms in total. The van der Waals surface area contributed by atoms with Gasteiger partial charge >= 0.3 is 0 Å². The molecule has 19 heavy (non-hydrogen) atoms. The van der Waals surface area contributed by atoms with Gasteiger partial charge in [0, 0.05) is 31.2 Å². The third kappa shape index (κ3) is 4.39. The number of aromatic nitrogens is 2. The molecule has 0 spiro atoms. The normalized spacial score (nSPS) is 20.1. The van der Waals surface area contributed by atoms with Crippen molar-refractivity contribution in [1.82, 2.24) is 14.5 Å². The Labute approximate surface area is 118 Å². The van der Waals surface area contributed by atoms with Crippen LogP contribution in [0.4, 0.5) is 5.00 Å². The first kappa shape index (κ1) is 14.7. The molecule has 0 bridgehead atoms. The van der Waals surface area contributed by atoms with Gasteiger partial charge in [0.1, 0.15) is 10.7 Å². The van der Waals surface area contributed by atoms with E-state index in [9.17, 15) is 8.42 Å². The number of sulfone groups is 1. The first-order valence-electron chi connectivity index (χ1n) is 6.58. The van der Waals surface area contributed by atoms with Crippen molar-refractivity contribution in [3.05, 3.63) is 5.69 Å². The number of nitrogens with one attached hydrogen (secondary N) is 1. The van der Waals surface area contributed by atoms with Crippen LogP contribution in [0, 0.1) is 0 Å². The molecule has 8 heteroatoms. The van der Waals surface area contributed by atoms with Gasteiger partial charge < -0.3 is 5.32 Å². The minimum atomic E-state index is -2.85. The average Bonchev–Trinajstić information content (AvgIpc) is 2.72. The van der Waals surface area contributed by atoms with Crippen molar-refractivity contribution in [2.24, 2.45) is 0 Å². The molecular formula is C11H20N4O2S2. The maximum atomic E-state index is 11.6. The summed E-state index contributed by atoms with van der Waals surface area (Å²) in [4.78, 5) is 2.15. The highest BCUT2D eigenvalue weighted by atomic mass is 32.2. The standard InChI is InChI=1S/C11H20N4O2S2/c1-2-4-12-11-10(13-14-18-11)9-15-5-3-7-19(16,17)8-6-15/h12H,2-9H2,1H3. The van der Waals surface area contributed by atoms with E-state index in [-0.39, 0.29) is 5.75 Å².